The van der Waals surface area contributed by atoms with Gasteiger partial charge >= 0.3 is 5.97 Å². The number of benzene rings is 1. The van der Waals surface area contributed by atoms with E-state index in [0.29, 0.717) is 11.4 Å². The molecule has 2 heterocycles. The van der Waals surface area contributed by atoms with Gasteiger partial charge < -0.3 is 5.11 Å². The second-order valence-electron chi connectivity index (χ2n) is 4.51. The van der Waals surface area contributed by atoms with Gasteiger partial charge in [0.15, 0.2) is 5.69 Å². The normalized spacial score (nSPS) is 10.8. The monoisotopic (exact) mass is 346 g/mol. The molecule has 0 radical (unpaired) electrons. The Bertz CT molecular complexity index is 805. The van der Waals surface area contributed by atoms with Gasteiger partial charge in [-0.1, -0.05) is 15.9 Å². The van der Waals surface area contributed by atoms with E-state index in [4.69, 9.17) is 0 Å². The van der Waals surface area contributed by atoms with E-state index in [1.165, 1.54) is 4.68 Å². The van der Waals surface area contributed by atoms with E-state index in [1.807, 2.05) is 12.1 Å². The summed E-state index contributed by atoms with van der Waals surface area (Å²) in [7, 11) is 1.80. The van der Waals surface area contributed by atoms with Crippen LogP contribution < -0.4 is 0 Å². The quantitative estimate of drug-likeness (QED) is 0.791. The lowest BCUT2D eigenvalue weighted by molar-refractivity contribution is 0.0687. The molecule has 21 heavy (non-hydrogen) atoms. The van der Waals surface area contributed by atoms with Crippen molar-refractivity contribution in [1.82, 2.24) is 19.6 Å². The van der Waals surface area contributed by atoms with Gasteiger partial charge in [-0.25, -0.2) is 9.48 Å². The smallest absolute Gasteiger partial charge is 0.354 e. The fourth-order valence-electron chi connectivity index (χ4n) is 2.01. The predicted octanol–water partition coefficient (Wildman–Crippen LogP) is 2.73. The maximum atomic E-state index is 11.4. The van der Waals surface area contributed by atoms with E-state index >= 15 is 0 Å². The van der Waals surface area contributed by atoms with Gasteiger partial charge in [-0.05, 0) is 30.3 Å². The van der Waals surface area contributed by atoms with Gasteiger partial charge in [0, 0.05) is 23.3 Å². The molecule has 7 heteroatoms. The van der Waals surface area contributed by atoms with Crippen LogP contribution in [0.2, 0.25) is 0 Å². The highest BCUT2D eigenvalue weighted by molar-refractivity contribution is 9.10. The summed E-state index contributed by atoms with van der Waals surface area (Å²) in [6.45, 7) is 0. The summed E-state index contributed by atoms with van der Waals surface area (Å²) < 4.78 is 3.98. The molecule has 3 aromatic rings. The summed E-state index contributed by atoms with van der Waals surface area (Å²) in [4.78, 5) is 11.4. The molecule has 0 amide bonds. The van der Waals surface area contributed by atoms with Gasteiger partial charge in [0.2, 0.25) is 0 Å². The van der Waals surface area contributed by atoms with Gasteiger partial charge in [0.05, 0.1) is 17.6 Å². The number of carboxylic acid groups (broad SMARTS) is 1. The molecule has 1 aromatic carbocycles. The second-order valence-corrected chi connectivity index (χ2v) is 5.43. The van der Waals surface area contributed by atoms with E-state index in [2.05, 4.69) is 26.1 Å². The first-order chi connectivity index (χ1) is 10.0. The summed E-state index contributed by atoms with van der Waals surface area (Å²) >= 11 is 3.35. The Hall–Kier alpha value is -2.41. The van der Waals surface area contributed by atoms with Crippen LogP contribution in [0.3, 0.4) is 0 Å². The minimum Gasteiger partial charge on any atom is -0.477 e. The van der Waals surface area contributed by atoms with Crippen LogP contribution in [-0.4, -0.2) is 30.6 Å². The van der Waals surface area contributed by atoms with Crippen LogP contribution in [0.5, 0.6) is 0 Å². The Morgan fingerprint density at radius 3 is 2.57 bits per heavy atom. The average Bonchev–Trinajstić information content (AvgIpc) is 3.05. The Labute approximate surface area is 128 Å². The predicted molar refractivity (Wildman–Crippen MR) is 80.4 cm³/mol. The molecule has 6 nitrogen and oxygen atoms in total. The molecule has 2 aromatic heterocycles. The van der Waals surface area contributed by atoms with Crippen molar-refractivity contribution in [3.8, 4) is 16.9 Å². The molecule has 0 aliphatic rings. The van der Waals surface area contributed by atoms with Crippen LogP contribution in [-0.2, 0) is 7.05 Å². The lowest BCUT2D eigenvalue weighted by Gasteiger charge is -2.04. The zero-order valence-corrected chi connectivity index (χ0v) is 12.6. The zero-order chi connectivity index (χ0) is 15.0. The molecule has 0 atom stereocenters. The number of aromatic nitrogens is 4. The molecule has 0 fully saturated rings. The van der Waals surface area contributed by atoms with Gasteiger partial charge in [0.1, 0.15) is 0 Å². The highest BCUT2D eigenvalue weighted by Crippen LogP contribution is 2.22. The maximum absolute atomic E-state index is 11.4. The van der Waals surface area contributed by atoms with E-state index in [9.17, 15) is 9.90 Å². The standard InChI is InChI=1S/C14H11BrN4O2/c1-18-8-9(7-16-18)12-6-13(14(20)21)19(17-12)11-4-2-10(15)3-5-11/h2-8H,1H3,(H,20,21). The summed E-state index contributed by atoms with van der Waals surface area (Å²) in [5.41, 5.74) is 2.14. The molecule has 1 N–H and O–H groups in total. The number of aromatic carboxylic acids is 1. The first-order valence-electron chi connectivity index (χ1n) is 6.13. The van der Waals surface area contributed by atoms with E-state index in [1.54, 1.807) is 42.3 Å². The van der Waals surface area contributed by atoms with Crippen molar-refractivity contribution < 1.29 is 9.90 Å². The largest absolute Gasteiger partial charge is 0.477 e. The third kappa shape index (κ3) is 2.59. The second kappa shape index (κ2) is 5.17. The number of carboxylic acids is 1. The van der Waals surface area contributed by atoms with Crippen molar-refractivity contribution in [3.63, 3.8) is 0 Å². The van der Waals surface area contributed by atoms with E-state index in [0.717, 1.165) is 10.0 Å². The number of rotatable bonds is 3. The molecular formula is C14H11BrN4O2. The molecule has 0 unspecified atom stereocenters. The Balaban J connectivity index is 2.13. The van der Waals surface area contributed by atoms with Crippen molar-refractivity contribution in [1.29, 1.82) is 0 Å². The van der Waals surface area contributed by atoms with E-state index < -0.39 is 5.97 Å². The SMILES string of the molecule is Cn1cc(-c2cc(C(=O)O)n(-c3ccc(Br)cc3)n2)cn1. The van der Waals surface area contributed by atoms with E-state index in [-0.39, 0.29) is 5.69 Å². The van der Waals surface area contributed by atoms with Crippen molar-refractivity contribution in [3.05, 3.63) is 52.9 Å². The minimum absolute atomic E-state index is 0.108. The first-order valence-corrected chi connectivity index (χ1v) is 6.92. The maximum Gasteiger partial charge on any atom is 0.354 e. The molecule has 0 saturated heterocycles. The molecule has 106 valence electrons. The number of aryl methyl sites for hydroxylation is 1. The molecule has 0 aliphatic carbocycles. The van der Waals surface area contributed by atoms with Crippen molar-refractivity contribution >= 4 is 21.9 Å². The van der Waals surface area contributed by atoms with Crippen LogP contribution in [0, 0.1) is 0 Å². The van der Waals surface area contributed by atoms with Crippen molar-refractivity contribution in [2.45, 2.75) is 0 Å². The number of carbonyl (C=O) groups is 1. The average molecular weight is 347 g/mol. The van der Waals surface area contributed by atoms with Gasteiger partial charge in [-0.15, -0.1) is 0 Å². The van der Waals surface area contributed by atoms with Crippen molar-refractivity contribution in [2.24, 2.45) is 7.05 Å². The molecule has 0 bridgehead atoms. The van der Waals surface area contributed by atoms with Crippen LogP contribution in [0.1, 0.15) is 10.5 Å². The molecule has 0 aliphatic heterocycles. The van der Waals surface area contributed by atoms with Gasteiger partial charge in [-0.2, -0.15) is 10.2 Å². The number of halogens is 1. The number of nitrogens with zero attached hydrogens (tertiary/aromatic N) is 4. The summed E-state index contributed by atoms with van der Waals surface area (Å²) in [5.74, 6) is -1.03. The fraction of sp³-hybridized carbons (Fsp3) is 0.0714. The molecule has 0 spiro atoms. The Kier molecular flexibility index (Phi) is 3.34. The van der Waals surface area contributed by atoms with Crippen LogP contribution in [0.4, 0.5) is 0 Å². The molecular weight excluding hydrogens is 336 g/mol. The van der Waals surface area contributed by atoms with Crippen LogP contribution >= 0.6 is 15.9 Å². The molecule has 3 rings (SSSR count). The van der Waals surface area contributed by atoms with Gasteiger partial charge in [-0.3, -0.25) is 4.68 Å². The van der Waals surface area contributed by atoms with Crippen LogP contribution in [0.15, 0.2) is 47.2 Å². The molecule has 0 saturated carbocycles. The highest BCUT2D eigenvalue weighted by atomic mass is 79.9. The summed E-state index contributed by atoms with van der Waals surface area (Å²) in [6, 6.07) is 8.83. The summed E-state index contributed by atoms with van der Waals surface area (Å²) in [5, 5.41) is 17.8. The van der Waals surface area contributed by atoms with Crippen LogP contribution in [0.25, 0.3) is 16.9 Å². The zero-order valence-electron chi connectivity index (χ0n) is 11.1. The summed E-state index contributed by atoms with van der Waals surface area (Å²) in [6.07, 6.45) is 3.44. The topological polar surface area (TPSA) is 72.9 Å². The minimum atomic E-state index is -1.03. The Morgan fingerprint density at radius 1 is 1.29 bits per heavy atom. The van der Waals surface area contributed by atoms with Crippen molar-refractivity contribution in [2.75, 3.05) is 0 Å². The van der Waals surface area contributed by atoms with Gasteiger partial charge in [0.25, 0.3) is 0 Å². The first kappa shape index (κ1) is 13.6. The number of hydrogen-bond donors (Lipinski definition) is 1. The number of hydrogen-bond acceptors (Lipinski definition) is 3. The lowest BCUT2D eigenvalue weighted by atomic mass is 10.2. The highest BCUT2D eigenvalue weighted by Gasteiger charge is 2.17. The lowest BCUT2D eigenvalue weighted by Crippen LogP contribution is -2.07. The third-order valence-corrected chi connectivity index (χ3v) is 3.53. The Morgan fingerprint density at radius 2 is 2.00 bits per heavy atom. The third-order valence-electron chi connectivity index (χ3n) is 3.00. The fourth-order valence-corrected chi connectivity index (χ4v) is 2.27.